The molecule has 0 aliphatic carbocycles. The molecule has 0 bridgehead atoms. The number of hydrogen-bond acceptors (Lipinski definition) is 8. The summed E-state index contributed by atoms with van der Waals surface area (Å²) in [5.74, 6) is -1.09. The van der Waals surface area contributed by atoms with Gasteiger partial charge < -0.3 is 14.7 Å². The van der Waals surface area contributed by atoms with Crippen LogP contribution in [0.15, 0.2) is 65.6 Å². The van der Waals surface area contributed by atoms with E-state index in [2.05, 4.69) is 0 Å². The lowest BCUT2D eigenvalue weighted by Crippen LogP contribution is -2.59. The van der Waals surface area contributed by atoms with Crippen LogP contribution in [0, 0.1) is 11.3 Å². The van der Waals surface area contributed by atoms with Gasteiger partial charge in [-0.15, -0.1) is 0 Å². The zero-order valence-corrected chi connectivity index (χ0v) is 24.1. The molecule has 12 heteroatoms. The Morgan fingerprint density at radius 1 is 1.12 bits per heavy atom. The number of sulfonamides is 1. The van der Waals surface area contributed by atoms with Gasteiger partial charge in [-0.2, -0.15) is 5.26 Å². The first-order valence-corrected chi connectivity index (χ1v) is 14.6. The van der Waals surface area contributed by atoms with E-state index < -0.39 is 27.5 Å². The van der Waals surface area contributed by atoms with Crippen molar-refractivity contribution in [2.75, 3.05) is 32.1 Å². The van der Waals surface area contributed by atoms with Crippen molar-refractivity contribution in [3.05, 3.63) is 82.4 Å². The maximum atomic E-state index is 15.0. The summed E-state index contributed by atoms with van der Waals surface area (Å²) in [5, 5.41) is 19.7. The molecule has 0 saturated carbocycles. The summed E-state index contributed by atoms with van der Waals surface area (Å²) < 4.78 is 34.7. The molecule has 2 aliphatic rings. The summed E-state index contributed by atoms with van der Waals surface area (Å²) in [4.78, 5) is 31.4. The van der Waals surface area contributed by atoms with Crippen LogP contribution in [0.1, 0.15) is 29.5 Å². The second-order valence-electron chi connectivity index (χ2n) is 10.1. The number of phenolic OH excluding ortho intramolecular Hbond substituents is 1. The van der Waals surface area contributed by atoms with Crippen molar-refractivity contribution in [2.24, 2.45) is 0 Å². The van der Waals surface area contributed by atoms with Gasteiger partial charge in [-0.3, -0.25) is 14.5 Å². The lowest BCUT2D eigenvalue weighted by molar-refractivity contribution is -0.138. The summed E-state index contributed by atoms with van der Waals surface area (Å²) in [5.41, 5.74) is -1.01. The van der Waals surface area contributed by atoms with Crippen LogP contribution in [-0.2, 0) is 25.2 Å². The van der Waals surface area contributed by atoms with Crippen molar-refractivity contribution in [1.29, 1.82) is 5.26 Å². The maximum Gasteiger partial charge on any atom is 0.271 e. The Kier molecular flexibility index (Phi) is 7.19. The number of phenols is 1. The summed E-state index contributed by atoms with van der Waals surface area (Å²) >= 11 is 6.48. The molecular formula is C29H27ClN4O6S. The van der Waals surface area contributed by atoms with Gasteiger partial charge in [0.2, 0.25) is 5.91 Å². The van der Waals surface area contributed by atoms with E-state index in [1.165, 1.54) is 72.7 Å². The Balaban J connectivity index is 1.85. The number of carbonyl (C=O) groups excluding carboxylic acids is 2. The molecule has 1 N–H and O–H groups in total. The predicted octanol–water partition coefficient (Wildman–Crippen LogP) is 3.46. The maximum absolute atomic E-state index is 15.0. The molecule has 2 amide bonds. The Morgan fingerprint density at radius 3 is 2.46 bits per heavy atom. The van der Waals surface area contributed by atoms with Crippen molar-refractivity contribution in [3.8, 4) is 17.6 Å². The van der Waals surface area contributed by atoms with E-state index >= 15 is 0 Å². The van der Waals surface area contributed by atoms with Crippen LogP contribution in [0.25, 0.3) is 0 Å². The summed E-state index contributed by atoms with van der Waals surface area (Å²) in [7, 11) is 0.108. The number of amides is 2. The van der Waals surface area contributed by atoms with E-state index in [0.717, 1.165) is 4.31 Å². The zero-order valence-electron chi connectivity index (χ0n) is 22.5. The fourth-order valence-electron chi connectivity index (χ4n) is 5.79. The number of likely N-dealkylation sites (tertiary alicyclic amines) is 1. The molecule has 2 atom stereocenters. The molecule has 41 heavy (non-hydrogen) atoms. The van der Waals surface area contributed by atoms with E-state index in [1.54, 1.807) is 19.0 Å². The number of nitriles is 1. The third kappa shape index (κ3) is 4.30. The second kappa shape index (κ2) is 10.4. The molecule has 212 valence electrons. The molecule has 1 saturated heterocycles. The minimum atomic E-state index is -4.51. The lowest BCUT2D eigenvalue weighted by Gasteiger charge is -2.42. The average Bonchev–Trinajstić information content (AvgIpc) is 3.53. The number of anilines is 1. The number of rotatable bonds is 6. The number of methoxy groups -OCH3 is 1. The first kappa shape index (κ1) is 28.4. The molecule has 0 radical (unpaired) electrons. The van der Waals surface area contributed by atoms with Gasteiger partial charge in [0.1, 0.15) is 11.5 Å². The first-order chi connectivity index (χ1) is 19.5. The number of likely N-dealkylation sites (N-methyl/N-ethyl adjacent to an activating group) is 1. The minimum Gasteiger partial charge on any atom is -0.508 e. The quantitative estimate of drug-likeness (QED) is 0.459. The predicted molar refractivity (Wildman–Crippen MR) is 151 cm³/mol. The highest BCUT2D eigenvalue weighted by molar-refractivity contribution is 7.93. The first-order valence-electron chi connectivity index (χ1n) is 12.7. The summed E-state index contributed by atoms with van der Waals surface area (Å²) in [6, 6.07) is 15.2. The van der Waals surface area contributed by atoms with Crippen LogP contribution < -0.4 is 9.04 Å². The van der Waals surface area contributed by atoms with Gasteiger partial charge in [0.25, 0.3) is 15.9 Å². The molecule has 1 unspecified atom stereocenters. The third-order valence-corrected chi connectivity index (χ3v) is 9.51. The largest absolute Gasteiger partial charge is 0.508 e. The number of ether oxygens (including phenoxy) is 1. The third-order valence-electron chi connectivity index (χ3n) is 7.57. The minimum absolute atomic E-state index is 0.0711. The van der Waals surface area contributed by atoms with Crippen molar-refractivity contribution < 1.29 is 27.9 Å². The number of carbonyl (C=O) groups is 2. The topological polar surface area (TPSA) is 131 Å². The van der Waals surface area contributed by atoms with Gasteiger partial charge in [0.15, 0.2) is 5.54 Å². The molecular weight excluding hydrogens is 568 g/mol. The summed E-state index contributed by atoms with van der Waals surface area (Å²) in [6.45, 7) is 0.288. The van der Waals surface area contributed by atoms with E-state index in [4.69, 9.17) is 16.3 Å². The van der Waals surface area contributed by atoms with Crippen LogP contribution in [0.5, 0.6) is 11.5 Å². The Hall–Kier alpha value is -4.11. The van der Waals surface area contributed by atoms with E-state index in [1.807, 2.05) is 6.07 Å². The number of hydrogen-bond donors (Lipinski definition) is 1. The Labute approximate surface area is 243 Å². The molecule has 5 rings (SSSR count). The van der Waals surface area contributed by atoms with Crippen LogP contribution in [0.4, 0.5) is 5.69 Å². The number of benzene rings is 3. The molecule has 1 fully saturated rings. The van der Waals surface area contributed by atoms with Gasteiger partial charge in [-0.05, 0) is 67.4 Å². The van der Waals surface area contributed by atoms with Gasteiger partial charge in [0.05, 0.1) is 35.4 Å². The zero-order chi connectivity index (χ0) is 29.7. The number of nitrogens with zero attached hydrogens (tertiary/aromatic N) is 4. The van der Waals surface area contributed by atoms with Gasteiger partial charge in [-0.25, -0.2) is 12.7 Å². The highest BCUT2D eigenvalue weighted by Gasteiger charge is 2.63. The van der Waals surface area contributed by atoms with Gasteiger partial charge in [0, 0.05) is 42.9 Å². The van der Waals surface area contributed by atoms with E-state index in [-0.39, 0.29) is 56.2 Å². The average molecular weight is 595 g/mol. The SMILES string of the molecule is COc1cc(O)ccc1C1(N2CCC[C@H]2C(=O)N(C)C)C(=O)N(S(=O)(=O)c2ccc(C#N)cc2)c2ccc(Cl)cc21. The van der Waals surface area contributed by atoms with Crippen molar-refractivity contribution in [2.45, 2.75) is 29.3 Å². The van der Waals surface area contributed by atoms with Crippen LogP contribution >= 0.6 is 11.6 Å². The normalized spacial score (nSPS) is 20.5. The standard InChI is InChI=1S/C29H27ClN4O6S/c1-32(2)27(36)25-5-4-14-33(25)29(22-12-9-20(35)16-26(22)40-3)23-15-19(30)8-13-24(23)34(28(29)37)41(38,39)21-10-6-18(17-31)7-11-21/h6-13,15-16,25,35H,4-5,14H2,1-3H3/t25-,29?/m0/s1. The van der Waals surface area contributed by atoms with Crippen molar-refractivity contribution >= 4 is 39.1 Å². The van der Waals surface area contributed by atoms with E-state index in [0.29, 0.717) is 12.8 Å². The van der Waals surface area contributed by atoms with Gasteiger partial charge in [-0.1, -0.05) is 11.6 Å². The van der Waals surface area contributed by atoms with Crippen molar-refractivity contribution in [1.82, 2.24) is 9.80 Å². The lowest BCUT2D eigenvalue weighted by atomic mass is 9.80. The second-order valence-corrected chi connectivity index (χ2v) is 12.3. The van der Waals surface area contributed by atoms with Crippen molar-refractivity contribution in [3.63, 3.8) is 0 Å². The fraction of sp³-hybridized carbons (Fsp3) is 0.276. The summed E-state index contributed by atoms with van der Waals surface area (Å²) in [6.07, 6.45) is 1.00. The number of halogens is 1. The molecule has 0 spiro atoms. The monoisotopic (exact) mass is 594 g/mol. The highest BCUT2D eigenvalue weighted by atomic mass is 35.5. The molecule has 2 heterocycles. The fourth-order valence-corrected chi connectivity index (χ4v) is 7.42. The van der Waals surface area contributed by atoms with E-state index in [9.17, 15) is 28.4 Å². The smallest absolute Gasteiger partial charge is 0.271 e. The number of aromatic hydroxyl groups is 1. The Morgan fingerprint density at radius 2 is 1.83 bits per heavy atom. The number of fused-ring (bicyclic) bond motifs is 1. The van der Waals surface area contributed by atoms with Crippen LogP contribution in [-0.4, -0.2) is 68.9 Å². The molecule has 2 aliphatic heterocycles. The molecule has 3 aromatic rings. The molecule has 10 nitrogen and oxygen atoms in total. The van der Waals surface area contributed by atoms with Gasteiger partial charge >= 0.3 is 0 Å². The molecule has 0 aromatic heterocycles. The van der Waals surface area contributed by atoms with Crippen LogP contribution in [0.3, 0.4) is 0 Å². The Bertz CT molecular complexity index is 1700. The van der Waals surface area contributed by atoms with Crippen LogP contribution in [0.2, 0.25) is 5.02 Å². The molecule has 3 aromatic carbocycles. The highest BCUT2D eigenvalue weighted by Crippen LogP contribution is 2.55.